The molecule has 0 unspecified atom stereocenters. The van der Waals surface area contributed by atoms with Crippen molar-refractivity contribution < 1.29 is 14.3 Å². The lowest BCUT2D eigenvalue weighted by Crippen LogP contribution is -2.59. The number of pyridine rings is 2. The number of hydrogen-bond donors (Lipinski definition) is 1. The molecule has 1 aliphatic rings. The van der Waals surface area contributed by atoms with Gasteiger partial charge in [-0.25, -0.2) is 11.6 Å². The van der Waals surface area contributed by atoms with Crippen molar-refractivity contribution in [3.63, 3.8) is 0 Å². The van der Waals surface area contributed by atoms with Crippen molar-refractivity contribution in [2.75, 3.05) is 13.2 Å². The third-order valence-corrected chi connectivity index (χ3v) is 4.26. The summed E-state index contributed by atoms with van der Waals surface area (Å²) < 4.78 is 11.2. The molecule has 3 rings (SSSR count). The van der Waals surface area contributed by atoms with Gasteiger partial charge < -0.3 is 9.47 Å². The van der Waals surface area contributed by atoms with Crippen molar-refractivity contribution in [3.8, 4) is 5.88 Å². The summed E-state index contributed by atoms with van der Waals surface area (Å²) in [5, 5.41) is 2.97. The number of rotatable bonds is 5. The molecule has 0 saturated carbocycles. The third kappa shape index (κ3) is 4.07. The van der Waals surface area contributed by atoms with E-state index in [2.05, 4.69) is 36.1 Å². The molecule has 0 bridgehead atoms. The first kappa shape index (κ1) is 17.6. The maximum Gasteiger partial charge on any atom is 0.353 e. The monoisotopic (exact) mass is 422 g/mol. The number of hydrogen-bond acceptors (Lipinski definition) is 5. The molecule has 2 aromatic rings. The van der Waals surface area contributed by atoms with Crippen LogP contribution in [-0.2, 0) is 11.3 Å². The van der Waals surface area contributed by atoms with Crippen LogP contribution in [0.2, 0.25) is 5.02 Å². The Kier molecular flexibility index (Phi) is 5.18. The summed E-state index contributed by atoms with van der Waals surface area (Å²) in [5.41, 5.74) is -0.254. The standard InChI is InChI=1S/C16H12BrClN4O3/c1-19-16(8-24-9-16)22-15(23)12-5-11(18)10(6-20-12)7-25-14-4-2-3-13(17)21-14/h2-6H,7-9H2,(H,22,23). The lowest BCUT2D eigenvalue weighted by molar-refractivity contribution is -0.0453. The molecule has 0 spiro atoms. The zero-order valence-corrected chi connectivity index (χ0v) is 15.2. The van der Waals surface area contributed by atoms with Crippen molar-refractivity contribution in [2.45, 2.75) is 12.3 Å². The Bertz CT molecular complexity index is 852. The summed E-state index contributed by atoms with van der Waals surface area (Å²) in [7, 11) is 0. The van der Waals surface area contributed by atoms with Gasteiger partial charge in [-0.2, -0.15) is 0 Å². The number of carbonyl (C=O) groups excluding carboxylic acids is 1. The molecule has 1 saturated heterocycles. The highest BCUT2D eigenvalue weighted by Crippen LogP contribution is 2.21. The molecular formula is C16H12BrClN4O3. The van der Waals surface area contributed by atoms with Gasteiger partial charge in [0.05, 0.1) is 5.02 Å². The van der Waals surface area contributed by atoms with Crippen LogP contribution in [0.25, 0.3) is 4.85 Å². The van der Waals surface area contributed by atoms with Crippen molar-refractivity contribution in [1.29, 1.82) is 0 Å². The quantitative estimate of drug-likeness (QED) is 0.591. The van der Waals surface area contributed by atoms with Crippen LogP contribution in [0.1, 0.15) is 16.1 Å². The lowest BCUT2D eigenvalue weighted by Gasteiger charge is -2.30. The second-order valence-electron chi connectivity index (χ2n) is 5.34. The fraction of sp³-hybridized carbons (Fsp3) is 0.250. The van der Waals surface area contributed by atoms with E-state index in [0.29, 0.717) is 21.1 Å². The smallest absolute Gasteiger partial charge is 0.353 e. The molecule has 0 atom stereocenters. The van der Waals surface area contributed by atoms with E-state index in [1.165, 1.54) is 12.3 Å². The van der Waals surface area contributed by atoms with Gasteiger partial charge in [0.15, 0.2) is 0 Å². The predicted molar refractivity (Wildman–Crippen MR) is 93.1 cm³/mol. The van der Waals surface area contributed by atoms with Crippen molar-refractivity contribution in [1.82, 2.24) is 15.3 Å². The van der Waals surface area contributed by atoms with Gasteiger partial charge in [0.1, 0.15) is 30.1 Å². The van der Waals surface area contributed by atoms with Gasteiger partial charge in [-0.3, -0.25) is 19.9 Å². The minimum atomic E-state index is -1.00. The van der Waals surface area contributed by atoms with Gasteiger partial charge in [0.25, 0.3) is 5.91 Å². The normalized spacial score (nSPS) is 14.9. The average Bonchev–Trinajstić information content (AvgIpc) is 2.57. The molecule has 0 radical (unpaired) electrons. The van der Waals surface area contributed by atoms with Gasteiger partial charge in [-0.1, -0.05) is 17.7 Å². The minimum Gasteiger partial charge on any atom is -0.473 e. The second kappa shape index (κ2) is 7.35. The molecular weight excluding hydrogens is 412 g/mol. The summed E-state index contributed by atoms with van der Waals surface area (Å²) in [6, 6.07) is 6.76. The number of nitrogens with zero attached hydrogens (tertiary/aromatic N) is 3. The van der Waals surface area contributed by atoms with Crippen LogP contribution in [0, 0.1) is 6.57 Å². The van der Waals surface area contributed by atoms with Crippen LogP contribution in [0.15, 0.2) is 35.1 Å². The number of amides is 1. The summed E-state index contributed by atoms with van der Waals surface area (Å²) >= 11 is 9.47. The molecule has 128 valence electrons. The number of carbonyl (C=O) groups is 1. The molecule has 1 fully saturated rings. The van der Waals surface area contributed by atoms with E-state index in [4.69, 9.17) is 27.6 Å². The maximum absolute atomic E-state index is 12.2. The second-order valence-corrected chi connectivity index (χ2v) is 6.56. The van der Waals surface area contributed by atoms with E-state index in [0.717, 1.165) is 0 Å². The molecule has 1 amide bonds. The molecule has 1 N–H and O–H groups in total. The molecule has 0 aliphatic carbocycles. The van der Waals surface area contributed by atoms with Gasteiger partial charge in [0, 0.05) is 17.8 Å². The summed E-state index contributed by atoms with van der Waals surface area (Å²) in [4.78, 5) is 23.9. The molecule has 1 aliphatic heterocycles. The fourth-order valence-corrected chi connectivity index (χ4v) is 2.58. The van der Waals surface area contributed by atoms with Crippen LogP contribution in [0.5, 0.6) is 5.88 Å². The van der Waals surface area contributed by atoms with Crippen LogP contribution in [0.4, 0.5) is 0 Å². The average molecular weight is 424 g/mol. The molecule has 2 aromatic heterocycles. The molecule has 7 nitrogen and oxygen atoms in total. The molecule has 3 heterocycles. The zero-order chi connectivity index (χ0) is 17.9. The first-order valence-electron chi connectivity index (χ1n) is 7.20. The Morgan fingerprint density at radius 1 is 1.52 bits per heavy atom. The third-order valence-electron chi connectivity index (χ3n) is 3.47. The predicted octanol–water partition coefficient (Wildman–Crippen LogP) is 2.85. The van der Waals surface area contributed by atoms with Crippen LogP contribution >= 0.6 is 27.5 Å². The molecule has 9 heteroatoms. The highest BCUT2D eigenvalue weighted by molar-refractivity contribution is 9.10. The van der Waals surface area contributed by atoms with E-state index >= 15 is 0 Å². The Morgan fingerprint density at radius 3 is 2.92 bits per heavy atom. The largest absolute Gasteiger partial charge is 0.473 e. The first-order chi connectivity index (χ1) is 12.0. The van der Waals surface area contributed by atoms with Gasteiger partial charge >= 0.3 is 5.66 Å². The Morgan fingerprint density at radius 2 is 2.32 bits per heavy atom. The number of nitrogens with one attached hydrogen (secondary N) is 1. The number of halogens is 2. The van der Waals surface area contributed by atoms with E-state index in [1.807, 2.05) is 0 Å². The zero-order valence-electron chi connectivity index (χ0n) is 12.8. The molecule has 25 heavy (non-hydrogen) atoms. The van der Waals surface area contributed by atoms with E-state index in [1.54, 1.807) is 18.2 Å². The SMILES string of the molecule is [C-]#[N+]C1(NC(=O)c2cc(Cl)c(COc3cccc(Br)n3)cn2)COC1. The van der Waals surface area contributed by atoms with Crippen molar-refractivity contribution in [3.05, 3.63) is 62.8 Å². The van der Waals surface area contributed by atoms with Crippen LogP contribution in [0.3, 0.4) is 0 Å². The maximum atomic E-state index is 12.2. The Hall–Kier alpha value is -2.21. The Labute approximate surface area is 157 Å². The topological polar surface area (TPSA) is 77.7 Å². The highest BCUT2D eigenvalue weighted by atomic mass is 79.9. The molecule has 0 aromatic carbocycles. The number of aromatic nitrogens is 2. The van der Waals surface area contributed by atoms with Gasteiger partial charge in [-0.05, 0) is 28.1 Å². The van der Waals surface area contributed by atoms with E-state index < -0.39 is 11.6 Å². The van der Waals surface area contributed by atoms with Gasteiger partial charge in [-0.15, -0.1) is 0 Å². The highest BCUT2D eigenvalue weighted by Gasteiger charge is 2.47. The van der Waals surface area contributed by atoms with Crippen molar-refractivity contribution >= 4 is 33.4 Å². The van der Waals surface area contributed by atoms with Gasteiger partial charge in [0.2, 0.25) is 5.88 Å². The van der Waals surface area contributed by atoms with Crippen LogP contribution < -0.4 is 10.1 Å². The van der Waals surface area contributed by atoms with E-state index in [-0.39, 0.29) is 25.5 Å². The first-order valence-corrected chi connectivity index (χ1v) is 8.37. The Balaban J connectivity index is 1.66. The summed E-state index contributed by atoms with van der Waals surface area (Å²) in [6.07, 6.45) is 1.47. The minimum absolute atomic E-state index is 0.129. The van der Waals surface area contributed by atoms with Crippen molar-refractivity contribution in [2.24, 2.45) is 0 Å². The van der Waals surface area contributed by atoms with Crippen LogP contribution in [-0.4, -0.2) is 34.8 Å². The summed E-state index contributed by atoms with van der Waals surface area (Å²) in [5.74, 6) is -0.0291. The fourth-order valence-electron chi connectivity index (χ4n) is 2.05. The van der Waals surface area contributed by atoms with E-state index in [9.17, 15) is 4.79 Å². The summed E-state index contributed by atoms with van der Waals surface area (Å²) in [6.45, 7) is 7.65. The lowest BCUT2D eigenvalue weighted by atomic mass is 10.1. The number of ether oxygens (including phenoxy) is 2.